The number of nitrogens with two attached hydrogens (primary N) is 1. The first-order valence-corrected chi connectivity index (χ1v) is 10.8. The van der Waals surface area contributed by atoms with Crippen LogP contribution < -0.4 is 15.5 Å². The SMILES string of the molecule is CC1(C)CCN(c2cnc3c(n2)CN=C3N2CCCc3cc(C(N)=O)ccc32)CC1. The zero-order valence-electron chi connectivity index (χ0n) is 17.7. The number of primary amides is 1. The summed E-state index contributed by atoms with van der Waals surface area (Å²) in [5, 5.41) is 0. The molecule has 3 aliphatic rings. The van der Waals surface area contributed by atoms with Crippen LogP contribution in [-0.2, 0) is 13.0 Å². The standard InChI is InChI=1S/C23H28N6O/c1-23(2)7-10-28(11-8-23)19-14-25-20-17(27-19)13-26-22(20)29-9-3-4-15-12-16(21(24)30)5-6-18(15)29/h5-6,12,14H,3-4,7-11,13H2,1-2H3,(H2,24,30). The molecule has 1 amide bonds. The third-order valence-corrected chi connectivity index (χ3v) is 6.60. The van der Waals surface area contributed by atoms with Gasteiger partial charge in [-0.05, 0) is 54.9 Å². The van der Waals surface area contributed by atoms with Gasteiger partial charge in [0, 0.05) is 30.9 Å². The van der Waals surface area contributed by atoms with E-state index in [1.165, 1.54) is 12.8 Å². The number of benzene rings is 1. The van der Waals surface area contributed by atoms with Gasteiger partial charge in [0.25, 0.3) is 0 Å². The van der Waals surface area contributed by atoms with Crippen molar-refractivity contribution in [1.82, 2.24) is 9.97 Å². The van der Waals surface area contributed by atoms with Crippen molar-refractivity contribution in [1.29, 1.82) is 0 Å². The molecule has 156 valence electrons. The van der Waals surface area contributed by atoms with Crippen LogP contribution in [0.15, 0.2) is 29.4 Å². The van der Waals surface area contributed by atoms with Gasteiger partial charge < -0.3 is 15.5 Å². The lowest BCUT2D eigenvalue weighted by Gasteiger charge is -2.37. The highest BCUT2D eigenvalue weighted by atomic mass is 16.1. The van der Waals surface area contributed by atoms with E-state index in [0.29, 0.717) is 17.5 Å². The van der Waals surface area contributed by atoms with E-state index in [1.807, 2.05) is 18.3 Å². The molecule has 0 atom stereocenters. The van der Waals surface area contributed by atoms with Gasteiger partial charge in [0.1, 0.15) is 11.5 Å². The molecule has 5 rings (SSSR count). The second kappa shape index (κ2) is 7.07. The fraction of sp³-hybridized carbons (Fsp3) is 0.478. The number of aryl methyl sites for hydroxylation is 1. The number of rotatable bonds is 2. The third kappa shape index (κ3) is 3.32. The van der Waals surface area contributed by atoms with Crippen LogP contribution in [0.4, 0.5) is 11.5 Å². The largest absolute Gasteiger partial charge is 0.366 e. The molecule has 2 N–H and O–H groups in total. The maximum Gasteiger partial charge on any atom is 0.248 e. The van der Waals surface area contributed by atoms with Crippen LogP contribution >= 0.6 is 0 Å². The number of carbonyl (C=O) groups excluding carboxylic acids is 1. The Balaban J connectivity index is 1.40. The van der Waals surface area contributed by atoms with Crippen LogP contribution in [-0.4, -0.2) is 41.3 Å². The van der Waals surface area contributed by atoms with Gasteiger partial charge >= 0.3 is 0 Å². The lowest BCUT2D eigenvalue weighted by molar-refractivity contribution is 0.1000. The predicted octanol–water partition coefficient (Wildman–Crippen LogP) is 2.91. The molecule has 2 aromatic rings. The van der Waals surface area contributed by atoms with Gasteiger partial charge in [-0.3, -0.25) is 9.79 Å². The molecule has 1 aromatic heterocycles. The molecule has 1 aromatic carbocycles. The summed E-state index contributed by atoms with van der Waals surface area (Å²) < 4.78 is 0. The summed E-state index contributed by atoms with van der Waals surface area (Å²) in [6.07, 6.45) is 6.18. The smallest absolute Gasteiger partial charge is 0.248 e. The van der Waals surface area contributed by atoms with Gasteiger partial charge in [-0.25, -0.2) is 9.97 Å². The van der Waals surface area contributed by atoms with Crippen LogP contribution in [0.2, 0.25) is 0 Å². The Hall–Kier alpha value is -2.96. The second-order valence-electron chi connectivity index (χ2n) is 9.28. The average molecular weight is 405 g/mol. The van der Waals surface area contributed by atoms with Crippen LogP contribution in [0.5, 0.6) is 0 Å². The highest BCUT2D eigenvalue weighted by Gasteiger charge is 2.31. The van der Waals surface area contributed by atoms with Crippen molar-refractivity contribution in [2.75, 3.05) is 29.4 Å². The summed E-state index contributed by atoms with van der Waals surface area (Å²) in [5.41, 5.74) is 10.5. The van der Waals surface area contributed by atoms with E-state index >= 15 is 0 Å². The monoisotopic (exact) mass is 404 g/mol. The zero-order valence-corrected chi connectivity index (χ0v) is 17.7. The van der Waals surface area contributed by atoms with Gasteiger partial charge in [-0.2, -0.15) is 0 Å². The second-order valence-corrected chi connectivity index (χ2v) is 9.28. The van der Waals surface area contributed by atoms with Crippen LogP contribution in [0.1, 0.15) is 60.4 Å². The van der Waals surface area contributed by atoms with Crippen molar-refractivity contribution in [2.24, 2.45) is 16.1 Å². The van der Waals surface area contributed by atoms with Crippen molar-refractivity contribution in [2.45, 2.75) is 46.1 Å². The van der Waals surface area contributed by atoms with Gasteiger partial charge in [0.2, 0.25) is 5.91 Å². The van der Waals surface area contributed by atoms with E-state index < -0.39 is 5.91 Å². The summed E-state index contributed by atoms with van der Waals surface area (Å²) in [5.74, 6) is 1.46. The first kappa shape index (κ1) is 19.0. The van der Waals surface area contributed by atoms with E-state index in [9.17, 15) is 4.79 Å². The number of nitrogens with zero attached hydrogens (tertiary/aromatic N) is 5. The van der Waals surface area contributed by atoms with E-state index in [-0.39, 0.29) is 0 Å². The molecule has 7 nitrogen and oxygen atoms in total. The molecule has 0 saturated carbocycles. The topological polar surface area (TPSA) is 87.7 Å². The van der Waals surface area contributed by atoms with Gasteiger partial charge in [0.05, 0.1) is 18.4 Å². The minimum atomic E-state index is -0.391. The Kier molecular flexibility index (Phi) is 4.49. The summed E-state index contributed by atoms with van der Waals surface area (Å²) in [7, 11) is 0. The zero-order chi connectivity index (χ0) is 20.9. The lowest BCUT2D eigenvalue weighted by atomic mass is 9.83. The van der Waals surface area contributed by atoms with E-state index in [2.05, 4.69) is 23.6 Å². The molecule has 0 radical (unpaired) electrons. The molecule has 7 heteroatoms. The Morgan fingerprint density at radius 1 is 1.17 bits per heavy atom. The minimum Gasteiger partial charge on any atom is -0.366 e. The first-order chi connectivity index (χ1) is 14.4. The van der Waals surface area contributed by atoms with Crippen molar-refractivity contribution in [3.05, 3.63) is 46.9 Å². The highest BCUT2D eigenvalue weighted by Crippen LogP contribution is 2.34. The van der Waals surface area contributed by atoms with Gasteiger partial charge in [-0.15, -0.1) is 0 Å². The molecular formula is C23H28N6O. The van der Waals surface area contributed by atoms with Crippen molar-refractivity contribution >= 4 is 23.2 Å². The van der Waals surface area contributed by atoms with Gasteiger partial charge in [-0.1, -0.05) is 13.8 Å². The number of carbonyl (C=O) groups is 1. The summed E-state index contributed by atoms with van der Waals surface area (Å²) in [6, 6.07) is 5.68. The number of amides is 1. The summed E-state index contributed by atoms with van der Waals surface area (Å²) in [4.78, 5) is 30.6. The summed E-state index contributed by atoms with van der Waals surface area (Å²) in [6.45, 7) is 8.16. The van der Waals surface area contributed by atoms with Gasteiger partial charge in [0.15, 0.2) is 5.84 Å². The molecule has 30 heavy (non-hydrogen) atoms. The quantitative estimate of drug-likeness (QED) is 0.832. The molecule has 0 aliphatic carbocycles. The third-order valence-electron chi connectivity index (χ3n) is 6.60. The van der Waals surface area contributed by atoms with Crippen molar-refractivity contribution < 1.29 is 4.79 Å². The lowest BCUT2D eigenvalue weighted by Crippen LogP contribution is -2.38. The fourth-order valence-electron chi connectivity index (χ4n) is 4.62. The first-order valence-electron chi connectivity index (χ1n) is 10.8. The van der Waals surface area contributed by atoms with Crippen LogP contribution in [0, 0.1) is 5.41 Å². The number of aliphatic imine (C=N–C) groups is 1. The van der Waals surface area contributed by atoms with Crippen LogP contribution in [0.3, 0.4) is 0 Å². The van der Waals surface area contributed by atoms with E-state index in [0.717, 1.165) is 66.8 Å². The minimum absolute atomic E-state index is 0.391. The Bertz CT molecular complexity index is 1030. The number of fused-ring (bicyclic) bond motifs is 2. The number of piperidine rings is 1. The molecule has 0 spiro atoms. The van der Waals surface area contributed by atoms with Crippen molar-refractivity contribution in [3.63, 3.8) is 0 Å². The molecule has 1 saturated heterocycles. The molecule has 1 fully saturated rings. The number of aromatic nitrogens is 2. The van der Waals surface area contributed by atoms with Crippen LogP contribution in [0.25, 0.3) is 0 Å². The Morgan fingerprint density at radius 2 is 1.97 bits per heavy atom. The Labute approximate surface area is 177 Å². The molecule has 3 aliphatic heterocycles. The van der Waals surface area contributed by atoms with E-state index in [4.69, 9.17) is 20.7 Å². The normalized spacial score (nSPS) is 19.9. The maximum absolute atomic E-state index is 11.5. The van der Waals surface area contributed by atoms with E-state index in [1.54, 1.807) is 6.07 Å². The van der Waals surface area contributed by atoms with Crippen molar-refractivity contribution in [3.8, 4) is 0 Å². The number of anilines is 2. The predicted molar refractivity (Wildman–Crippen MR) is 118 cm³/mol. The Morgan fingerprint density at radius 3 is 2.73 bits per heavy atom. The highest BCUT2D eigenvalue weighted by molar-refractivity contribution is 6.11. The number of hydrogen-bond acceptors (Lipinski definition) is 6. The molecule has 0 bridgehead atoms. The summed E-state index contributed by atoms with van der Waals surface area (Å²) >= 11 is 0. The number of amidine groups is 1. The number of hydrogen-bond donors (Lipinski definition) is 1. The maximum atomic E-state index is 11.5. The average Bonchev–Trinajstić information content (AvgIpc) is 3.16. The molecular weight excluding hydrogens is 376 g/mol. The fourth-order valence-corrected chi connectivity index (χ4v) is 4.62. The molecule has 4 heterocycles. The molecule has 0 unspecified atom stereocenters.